The number of ether oxygens (including phenoxy) is 1. The molecular weight excluding hydrogens is 334 g/mol. The fourth-order valence-electron chi connectivity index (χ4n) is 1.67. The van der Waals surface area contributed by atoms with Gasteiger partial charge in [-0.05, 0) is 33.6 Å². The third kappa shape index (κ3) is 3.04. The number of methoxy groups -OCH3 is 1. The van der Waals surface area contributed by atoms with E-state index in [0.717, 1.165) is 11.9 Å². The Balaban J connectivity index is 2.29. The van der Waals surface area contributed by atoms with Crippen LogP contribution in [0.5, 0.6) is 5.75 Å². The second kappa shape index (κ2) is 6.13. The summed E-state index contributed by atoms with van der Waals surface area (Å²) in [6.07, 6.45) is -1.66. The number of nitrogens with zero attached hydrogens (tertiary/aromatic N) is 2. The number of aromatic nitrogens is 2. The first-order valence-corrected chi connectivity index (χ1v) is 6.48. The Hall–Kier alpha value is -1.76. The van der Waals surface area contributed by atoms with Gasteiger partial charge in [-0.1, -0.05) is 12.1 Å². The average Bonchev–Trinajstić information content (AvgIpc) is 2.44. The summed E-state index contributed by atoms with van der Waals surface area (Å²) in [5.74, 6) is 0.702. The topological polar surface area (TPSA) is 44.1 Å². The number of benzene rings is 1. The van der Waals surface area contributed by atoms with Gasteiger partial charge in [-0.3, -0.25) is 9.36 Å². The Morgan fingerprint density at radius 1 is 1.35 bits per heavy atom. The van der Waals surface area contributed by atoms with Crippen LogP contribution < -0.4 is 10.3 Å². The Kier molecular flexibility index (Phi) is 4.49. The van der Waals surface area contributed by atoms with Crippen molar-refractivity contribution in [2.45, 2.75) is 13.0 Å². The maximum Gasteiger partial charge on any atom is 0.281 e. The Bertz CT molecular complexity index is 656. The van der Waals surface area contributed by atoms with Gasteiger partial charge in [-0.2, -0.15) is 0 Å². The van der Waals surface area contributed by atoms with Crippen LogP contribution in [-0.2, 0) is 6.54 Å². The Labute approximate surface area is 122 Å². The van der Waals surface area contributed by atoms with E-state index in [9.17, 15) is 13.6 Å². The molecule has 0 aliphatic rings. The molecule has 106 valence electrons. The van der Waals surface area contributed by atoms with Crippen LogP contribution in [0.15, 0.2) is 39.9 Å². The van der Waals surface area contributed by atoms with Gasteiger partial charge in [0.15, 0.2) is 0 Å². The second-order valence-electron chi connectivity index (χ2n) is 4.03. The van der Waals surface area contributed by atoms with E-state index < -0.39 is 17.7 Å². The van der Waals surface area contributed by atoms with Gasteiger partial charge in [-0.15, -0.1) is 0 Å². The number of halogens is 3. The molecule has 1 aromatic carbocycles. The van der Waals surface area contributed by atoms with E-state index in [4.69, 9.17) is 4.74 Å². The molecular formula is C13H11BrF2N2O2. The number of hydrogen-bond donors (Lipinski definition) is 0. The molecule has 0 aliphatic heterocycles. The van der Waals surface area contributed by atoms with Crippen LogP contribution in [0.1, 0.15) is 17.7 Å². The largest absolute Gasteiger partial charge is 0.497 e. The third-order valence-corrected chi connectivity index (χ3v) is 3.47. The molecule has 7 heteroatoms. The van der Waals surface area contributed by atoms with Crippen LogP contribution in [0, 0.1) is 0 Å². The molecule has 0 amide bonds. The maximum atomic E-state index is 12.6. The number of hydrogen-bond acceptors (Lipinski definition) is 3. The standard InChI is InChI=1S/C13H11BrF2N2O2/c1-20-9-4-2-8(3-5-9)6-18-7-17-11(12(15)16)10(14)13(18)19/h2-5,7,12H,6H2,1H3. The first-order valence-electron chi connectivity index (χ1n) is 5.69. The zero-order chi connectivity index (χ0) is 14.7. The van der Waals surface area contributed by atoms with E-state index in [-0.39, 0.29) is 11.0 Å². The van der Waals surface area contributed by atoms with Crippen molar-refractivity contribution in [3.63, 3.8) is 0 Å². The molecule has 0 fully saturated rings. The Morgan fingerprint density at radius 3 is 2.55 bits per heavy atom. The minimum Gasteiger partial charge on any atom is -0.497 e. The number of alkyl halides is 2. The molecule has 0 aliphatic carbocycles. The van der Waals surface area contributed by atoms with Crippen LogP contribution in [0.4, 0.5) is 8.78 Å². The van der Waals surface area contributed by atoms with E-state index in [1.54, 1.807) is 31.4 Å². The Morgan fingerprint density at radius 2 is 2.00 bits per heavy atom. The van der Waals surface area contributed by atoms with Crippen molar-refractivity contribution in [3.05, 3.63) is 56.7 Å². The van der Waals surface area contributed by atoms with Crippen molar-refractivity contribution in [3.8, 4) is 5.75 Å². The van der Waals surface area contributed by atoms with Gasteiger partial charge in [0.25, 0.3) is 12.0 Å². The van der Waals surface area contributed by atoms with Crippen LogP contribution in [0.25, 0.3) is 0 Å². The molecule has 0 bridgehead atoms. The predicted molar refractivity (Wildman–Crippen MR) is 73.3 cm³/mol. The lowest BCUT2D eigenvalue weighted by molar-refractivity contribution is 0.144. The van der Waals surface area contributed by atoms with Crippen molar-refractivity contribution in [1.29, 1.82) is 0 Å². The quantitative estimate of drug-likeness (QED) is 0.856. The first kappa shape index (κ1) is 14.6. The van der Waals surface area contributed by atoms with E-state index in [1.807, 2.05) is 0 Å². The van der Waals surface area contributed by atoms with Crippen molar-refractivity contribution in [1.82, 2.24) is 9.55 Å². The average molecular weight is 345 g/mol. The monoisotopic (exact) mass is 344 g/mol. The van der Waals surface area contributed by atoms with E-state index in [1.165, 1.54) is 4.57 Å². The van der Waals surface area contributed by atoms with Crippen LogP contribution in [0.2, 0.25) is 0 Å². The maximum absolute atomic E-state index is 12.6. The summed E-state index contributed by atoms with van der Waals surface area (Å²) in [7, 11) is 1.56. The lowest BCUT2D eigenvalue weighted by Crippen LogP contribution is -2.23. The molecule has 2 rings (SSSR count). The van der Waals surface area contributed by atoms with Gasteiger partial charge in [0.05, 0.1) is 20.0 Å². The summed E-state index contributed by atoms with van der Waals surface area (Å²) in [6.45, 7) is 0.248. The van der Waals surface area contributed by atoms with Crippen molar-refractivity contribution in [2.75, 3.05) is 7.11 Å². The number of rotatable bonds is 4. The smallest absolute Gasteiger partial charge is 0.281 e. The van der Waals surface area contributed by atoms with E-state index in [2.05, 4.69) is 20.9 Å². The highest BCUT2D eigenvalue weighted by molar-refractivity contribution is 9.10. The van der Waals surface area contributed by atoms with Crippen LogP contribution in [0.3, 0.4) is 0 Å². The third-order valence-electron chi connectivity index (χ3n) is 2.73. The van der Waals surface area contributed by atoms with Gasteiger partial charge >= 0.3 is 0 Å². The van der Waals surface area contributed by atoms with E-state index in [0.29, 0.717) is 5.75 Å². The molecule has 0 atom stereocenters. The zero-order valence-corrected chi connectivity index (χ0v) is 12.1. The molecule has 1 aromatic heterocycles. The van der Waals surface area contributed by atoms with Crippen molar-refractivity contribution in [2.24, 2.45) is 0 Å². The van der Waals surface area contributed by atoms with E-state index >= 15 is 0 Å². The molecule has 0 saturated heterocycles. The molecule has 4 nitrogen and oxygen atoms in total. The fraction of sp³-hybridized carbons (Fsp3) is 0.231. The summed E-state index contributed by atoms with van der Waals surface area (Å²) < 4.78 is 31.3. The molecule has 0 unspecified atom stereocenters. The lowest BCUT2D eigenvalue weighted by atomic mass is 10.2. The minimum atomic E-state index is -2.78. The molecule has 0 spiro atoms. The lowest BCUT2D eigenvalue weighted by Gasteiger charge is -2.09. The van der Waals surface area contributed by atoms with Gasteiger partial charge < -0.3 is 4.74 Å². The molecule has 1 heterocycles. The predicted octanol–water partition coefficient (Wildman–Crippen LogP) is 3.00. The second-order valence-corrected chi connectivity index (χ2v) is 4.82. The van der Waals surface area contributed by atoms with Crippen molar-refractivity contribution < 1.29 is 13.5 Å². The minimum absolute atomic E-state index is 0.205. The van der Waals surface area contributed by atoms with Gasteiger partial charge in [-0.25, -0.2) is 13.8 Å². The van der Waals surface area contributed by atoms with Gasteiger partial charge in [0, 0.05) is 0 Å². The molecule has 0 saturated carbocycles. The van der Waals surface area contributed by atoms with Crippen LogP contribution >= 0.6 is 15.9 Å². The van der Waals surface area contributed by atoms with Crippen molar-refractivity contribution >= 4 is 15.9 Å². The highest BCUT2D eigenvalue weighted by Crippen LogP contribution is 2.21. The zero-order valence-electron chi connectivity index (χ0n) is 10.5. The summed E-state index contributed by atoms with van der Waals surface area (Å²) in [6, 6.07) is 7.10. The summed E-state index contributed by atoms with van der Waals surface area (Å²) in [5.41, 5.74) is -0.238. The highest BCUT2D eigenvalue weighted by Gasteiger charge is 2.17. The normalized spacial score (nSPS) is 10.8. The molecule has 2 aromatic rings. The summed E-state index contributed by atoms with van der Waals surface area (Å²) >= 11 is 2.87. The van der Waals surface area contributed by atoms with Gasteiger partial charge in [0.1, 0.15) is 15.9 Å². The summed E-state index contributed by atoms with van der Waals surface area (Å²) in [5, 5.41) is 0. The molecule has 0 N–H and O–H groups in total. The fourth-order valence-corrected chi connectivity index (χ4v) is 2.17. The van der Waals surface area contributed by atoms with Crippen LogP contribution in [-0.4, -0.2) is 16.7 Å². The van der Waals surface area contributed by atoms with Gasteiger partial charge in [0.2, 0.25) is 0 Å². The molecule has 20 heavy (non-hydrogen) atoms. The SMILES string of the molecule is COc1ccc(Cn2cnc(C(F)F)c(Br)c2=O)cc1. The summed E-state index contributed by atoms with van der Waals surface area (Å²) in [4.78, 5) is 15.5. The highest BCUT2D eigenvalue weighted by atomic mass is 79.9. The molecule has 0 radical (unpaired) electrons. The first-order chi connectivity index (χ1) is 9.52.